The van der Waals surface area contributed by atoms with Gasteiger partial charge in [0.15, 0.2) is 5.11 Å². The Balaban J connectivity index is 2.13. The molecule has 0 aliphatic rings. The van der Waals surface area contributed by atoms with Gasteiger partial charge < -0.3 is 10.1 Å². The molecule has 0 aliphatic heterocycles. The lowest BCUT2D eigenvalue weighted by molar-refractivity contribution is 0.0601. The lowest BCUT2D eigenvalue weighted by Crippen LogP contribution is -2.34. The lowest BCUT2D eigenvalue weighted by atomic mass is 10.1. The van der Waals surface area contributed by atoms with Crippen LogP contribution in [0.4, 0.5) is 5.00 Å². The van der Waals surface area contributed by atoms with Crippen molar-refractivity contribution in [1.82, 2.24) is 5.32 Å². The van der Waals surface area contributed by atoms with Gasteiger partial charge in [0.05, 0.1) is 12.7 Å². The van der Waals surface area contributed by atoms with E-state index in [1.807, 2.05) is 19.9 Å². The van der Waals surface area contributed by atoms with Crippen LogP contribution >= 0.6 is 23.6 Å². The molecule has 1 amide bonds. The van der Waals surface area contributed by atoms with Crippen LogP contribution in [0.3, 0.4) is 0 Å². The zero-order chi connectivity index (χ0) is 17.0. The Morgan fingerprint density at radius 3 is 2.43 bits per heavy atom. The van der Waals surface area contributed by atoms with E-state index < -0.39 is 5.97 Å². The second-order valence-electron chi connectivity index (χ2n) is 4.75. The number of nitrogens with one attached hydrogen (secondary N) is 2. The summed E-state index contributed by atoms with van der Waals surface area (Å²) in [6, 6.07) is 8.75. The number of methoxy groups -OCH3 is 1. The summed E-state index contributed by atoms with van der Waals surface area (Å²) in [5.41, 5.74) is 1.77. The molecule has 120 valence electrons. The molecule has 5 nitrogen and oxygen atoms in total. The Hall–Kier alpha value is -2.25. The third-order valence-corrected chi connectivity index (χ3v) is 4.59. The number of ether oxygens (including phenoxy) is 1. The lowest BCUT2D eigenvalue weighted by Gasteiger charge is -2.09. The molecular weight excluding hydrogens is 332 g/mol. The number of carbonyl (C=O) groups excluding carboxylic acids is 2. The first-order chi connectivity index (χ1) is 10.9. The van der Waals surface area contributed by atoms with Crippen LogP contribution in [-0.2, 0) is 4.74 Å². The van der Waals surface area contributed by atoms with Crippen molar-refractivity contribution in [1.29, 1.82) is 0 Å². The molecule has 0 spiro atoms. The van der Waals surface area contributed by atoms with E-state index in [0.717, 1.165) is 10.4 Å². The van der Waals surface area contributed by atoms with E-state index in [1.165, 1.54) is 18.4 Å². The molecule has 2 aromatic rings. The number of aryl methyl sites for hydroxylation is 1. The van der Waals surface area contributed by atoms with Crippen LogP contribution in [0.5, 0.6) is 0 Å². The van der Waals surface area contributed by atoms with Crippen molar-refractivity contribution in [2.75, 3.05) is 12.4 Å². The van der Waals surface area contributed by atoms with E-state index in [1.54, 1.807) is 24.3 Å². The molecule has 1 aromatic heterocycles. The van der Waals surface area contributed by atoms with Crippen molar-refractivity contribution >= 4 is 45.5 Å². The topological polar surface area (TPSA) is 67.4 Å². The van der Waals surface area contributed by atoms with Crippen LogP contribution in [-0.4, -0.2) is 24.1 Å². The maximum absolute atomic E-state index is 12.1. The molecule has 0 aliphatic carbocycles. The Kier molecular flexibility index (Phi) is 5.46. The van der Waals surface area contributed by atoms with Gasteiger partial charge in [0.25, 0.3) is 5.91 Å². The van der Waals surface area contributed by atoms with Crippen molar-refractivity contribution < 1.29 is 14.3 Å². The molecular formula is C16H16N2O3S2. The van der Waals surface area contributed by atoms with Crippen molar-refractivity contribution in [3.63, 3.8) is 0 Å². The number of benzene rings is 1. The maximum Gasteiger partial charge on any atom is 0.341 e. The number of amides is 1. The van der Waals surface area contributed by atoms with Crippen LogP contribution in [0.2, 0.25) is 0 Å². The third-order valence-electron chi connectivity index (χ3n) is 3.26. The van der Waals surface area contributed by atoms with Crippen molar-refractivity contribution in [3.05, 3.63) is 51.9 Å². The predicted octanol–water partition coefficient (Wildman–Crippen LogP) is 3.28. The summed E-state index contributed by atoms with van der Waals surface area (Å²) in [5, 5.41) is 6.19. The van der Waals surface area contributed by atoms with E-state index in [2.05, 4.69) is 10.6 Å². The maximum atomic E-state index is 12.1. The average molecular weight is 348 g/mol. The van der Waals surface area contributed by atoms with Gasteiger partial charge in [0.1, 0.15) is 5.00 Å². The quantitative estimate of drug-likeness (QED) is 0.658. The number of thiocarbonyl (C=S) groups is 1. The largest absolute Gasteiger partial charge is 0.465 e. The van der Waals surface area contributed by atoms with Gasteiger partial charge in [-0.25, -0.2) is 4.79 Å². The summed E-state index contributed by atoms with van der Waals surface area (Å²) in [6.45, 7) is 3.75. The first-order valence-electron chi connectivity index (χ1n) is 6.79. The fourth-order valence-electron chi connectivity index (χ4n) is 1.96. The first-order valence-corrected chi connectivity index (χ1v) is 8.02. The highest BCUT2D eigenvalue weighted by molar-refractivity contribution is 7.80. The second-order valence-corrected chi connectivity index (χ2v) is 6.39. The Morgan fingerprint density at radius 2 is 1.83 bits per heavy atom. The van der Waals surface area contributed by atoms with Crippen LogP contribution in [0.25, 0.3) is 0 Å². The molecule has 2 rings (SSSR count). The molecule has 7 heteroatoms. The Bertz CT molecular complexity index is 754. The molecule has 0 atom stereocenters. The normalized spacial score (nSPS) is 10.0. The molecule has 23 heavy (non-hydrogen) atoms. The van der Waals surface area contributed by atoms with E-state index in [-0.39, 0.29) is 11.0 Å². The Morgan fingerprint density at radius 1 is 1.17 bits per heavy atom. The molecule has 1 heterocycles. The highest BCUT2D eigenvalue weighted by Crippen LogP contribution is 2.32. The van der Waals surface area contributed by atoms with Gasteiger partial charge >= 0.3 is 5.97 Å². The van der Waals surface area contributed by atoms with Gasteiger partial charge in [-0.15, -0.1) is 11.3 Å². The number of anilines is 1. The molecule has 1 aromatic carbocycles. The van der Waals surface area contributed by atoms with Crippen molar-refractivity contribution in [2.24, 2.45) is 0 Å². The van der Waals surface area contributed by atoms with Gasteiger partial charge in [-0.3, -0.25) is 10.1 Å². The zero-order valence-electron chi connectivity index (χ0n) is 12.9. The van der Waals surface area contributed by atoms with Gasteiger partial charge in [0.2, 0.25) is 0 Å². The molecule has 0 bridgehead atoms. The second kappa shape index (κ2) is 7.34. The predicted molar refractivity (Wildman–Crippen MR) is 95.3 cm³/mol. The zero-order valence-corrected chi connectivity index (χ0v) is 14.6. The first kappa shape index (κ1) is 17.1. The summed E-state index contributed by atoms with van der Waals surface area (Å²) in [7, 11) is 1.33. The van der Waals surface area contributed by atoms with E-state index in [0.29, 0.717) is 16.1 Å². The minimum atomic E-state index is -0.438. The molecule has 2 N–H and O–H groups in total. The standard InChI is InChI=1S/C16H16N2O3S2/c1-9-10(2)23-14(12(9)15(20)21-3)18-16(22)17-13(19)11-7-5-4-6-8-11/h4-8H,1-3H3,(H2,17,18,19,22). The van der Waals surface area contributed by atoms with Crippen molar-refractivity contribution in [3.8, 4) is 0 Å². The molecule has 0 saturated heterocycles. The number of esters is 1. The highest BCUT2D eigenvalue weighted by atomic mass is 32.1. The van der Waals surface area contributed by atoms with Gasteiger partial charge in [-0.05, 0) is 43.8 Å². The minimum Gasteiger partial charge on any atom is -0.465 e. The summed E-state index contributed by atoms with van der Waals surface area (Å²) < 4.78 is 4.80. The van der Waals surface area contributed by atoms with Gasteiger partial charge in [-0.2, -0.15) is 0 Å². The van der Waals surface area contributed by atoms with E-state index in [4.69, 9.17) is 17.0 Å². The summed E-state index contributed by atoms with van der Waals surface area (Å²) in [6.07, 6.45) is 0. The fraction of sp³-hybridized carbons (Fsp3) is 0.188. The monoisotopic (exact) mass is 348 g/mol. The van der Waals surface area contributed by atoms with Crippen LogP contribution in [0.15, 0.2) is 30.3 Å². The number of carbonyl (C=O) groups is 2. The molecule has 0 radical (unpaired) electrons. The number of thiophene rings is 1. The van der Waals surface area contributed by atoms with Gasteiger partial charge in [0, 0.05) is 10.4 Å². The molecule has 0 unspecified atom stereocenters. The smallest absolute Gasteiger partial charge is 0.341 e. The summed E-state index contributed by atoms with van der Waals surface area (Å²) in [5.74, 6) is -0.751. The van der Waals surface area contributed by atoms with E-state index in [9.17, 15) is 9.59 Å². The number of hydrogen-bond acceptors (Lipinski definition) is 5. The SMILES string of the molecule is COC(=O)c1c(NC(=S)NC(=O)c2ccccc2)sc(C)c1C. The van der Waals surface area contributed by atoms with E-state index >= 15 is 0 Å². The molecule has 0 fully saturated rings. The Labute approximate surface area is 143 Å². The summed E-state index contributed by atoms with van der Waals surface area (Å²) >= 11 is 6.54. The summed E-state index contributed by atoms with van der Waals surface area (Å²) in [4.78, 5) is 24.9. The average Bonchev–Trinajstić information content (AvgIpc) is 2.81. The highest BCUT2D eigenvalue weighted by Gasteiger charge is 2.21. The van der Waals surface area contributed by atoms with Crippen LogP contribution < -0.4 is 10.6 Å². The van der Waals surface area contributed by atoms with Crippen molar-refractivity contribution in [2.45, 2.75) is 13.8 Å². The fourth-order valence-corrected chi connectivity index (χ4v) is 3.27. The molecule has 0 saturated carbocycles. The number of hydrogen-bond donors (Lipinski definition) is 2. The number of rotatable bonds is 3. The minimum absolute atomic E-state index is 0.130. The van der Waals surface area contributed by atoms with Crippen LogP contribution in [0, 0.1) is 13.8 Å². The van der Waals surface area contributed by atoms with Gasteiger partial charge in [-0.1, -0.05) is 18.2 Å². The third kappa shape index (κ3) is 3.94. The van der Waals surface area contributed by atoms with Crippen LogP contribution in [0.1, 0.15) is 31.2 Å².